The van der Waals surface area contributed by atoms with Crippen LogP contribution in [0.25, 0.3) is 0 Å². The quantitative estimate of drug-likeness (QED) is 0.243. The molecule has 0 radical (unpaired) electrons. The number of aliphatic hydroxyl groups is 1. The fraction of sp³-hybridized carbons (Fsp3) is 0.486. The number of amides is 5. The molecule has 4 rings (SSSR count). The van der Waals surface area contributed by atoms with E-state index in [-0.39, 0.29) is 42.7 Å². The smallest absolute Gasteiger partial charge is 0.323 e. The van der Waals surface area contributed by atoms with Gasteiger partial charge >= 0.3 is 12.1 Å². The second-order valence-corrected chi connectivity index (χ2v) is 12.5. The predicted octanol–water partition coefficient (Wildman–Crippen LogP) is 5.89. The van der Waals surface area contributed by atoms with Crippen LogP contribution in [0.3, 0.4) is 0 Å². The SMILES string of the molecule is Cc1noc(C)c1NC(=O)Nc1ccc2c(c1)C(=O)N([C@H](C)CO)C[C@H](C)[C@H](CN(C)C(=O)Nc1ccccc1)OCCCC[C@@H](C)O2. The third-order valence-electron chi connectivity index (χ3n) is 8.41. The molecule has 5 amide bonds. The molecule has 2 aromatic carbocycles. The Labute approximate surface area is 281 Å². The zero-order valence-electron chi connectivity index (χ0n) is 28.6. The molecule has 0 aliphatic carbocycles. The van der Waals surface area contributed by atoms with Gasteiger partial charge in [0.2, 0.25) is 0 Å². The van der Waals surface area contributed by atoms with Gasteiger partial charge in [-0.3, -0.25) is 4.79 Å². The molecule has 4 atom stereocenters. The minimum Gasteiger partial charge on any atom is -0.490 e. The van der Waals surface area contributed by atoms with Gasteiger partial charge in [0, 0.05) is 44.0 Å². The molecule has 1 aliphatic heterocycles. The first kappa shape index (κ1) is 36.2. The summed E-state index contributed by atoms with van der Waals surface area (Å²) in [6.45, 7) is 9.85. The monoisotopic (exact) mass is 664 g/mol. The van der Waals surface area contributed by atoms with Crippen LogP contribution in [0.4, 0.5) is 26.7 Å². The molecule has 4 N–H and O–H groups in total. The van der Waals surface area contributed by atoms with E-state index in [0.717, 1.165) is 19.3 Å². The number of benzene rings is 2. The normalized spacial score (nSPS) is 19.7. The Bertz CT molecular complexity index is 1510. The topological polar surface area (TPSA) is 158 Å². The first-order valence-corrected chi connectivity index (χ1v) is 16.4. The molecule has 0 spiro atoms. The number of anilines is 3. The van der Waals surface area contributed by atoms with Crippen LogP contribution < -0.4 is 20.7 Å². The molecule has 1 aromatic heterocycles. The molecule has 0 bridgehead atoms. The second-order valence-electron chi connectivity index (χ2n) is 12.5. The largest absolute Gasteiger partial charge is 0.490 e. The molecule has 1 aliphatic rings. The summed E-state index contributed by atoms with van der Waals surface area (Å²) < 4.78 is 17.8. The zero-order valence-corrected chi connectivity index (χ0v) is 28.6. The number of nitrogens with one attached hydrogen (secondary N) is 3. The Morgan fingerprint density at radius 3 is 2.50 bits per heavy atom. The van der Waals surface area contributed by atoms with E-state index >= 15 is 0 Å². The molecule has 48 heavy (non-hydrogen) atoms. The van der Waals surface area contributed by atoms with Crippen LogP contribution in [0.2, 0.25) is 0 Å². The van der Waals surface area contributed by atoms with Crippen LogP contribution >= 0.6 is 0 Å². The minimum atomic E-state index is -0.544. The van der Waals surface area contributed by atoms with Crippen molar-refractivity contribution in [2.75, 3.05) is 49.3 Å². The maximum Gasteiger partial charge on any atom is 0.323 e. The minimum absolute atomic E-state index is 0.201. The average Bonchev–Trinajstić information content (AvgIpc) is 3.38. The maximum atomic E-state index is 14.4. The highest BCUT2D eigenvalue weighted by atomic mass is 16.5. The highest BCUT2D eigenvalue weighted by Gasteiger charge is 2.31. The fourth-order valence-corrected chi connectivity index (χ4v) is 5.49. The van der Waals surface area contributed by atoms with Crippen molar-refractivity contribution in [2.45, 2.75) is 72.1 Å². The average molecular weight is 665 g/mol. The van der Waals surface area contributed by atoms with Gasteiger partial charge in [0.15, 0.2) is 5.76 Å². The summed E-state index contributed by atoms with van der Waals surface area (Å²) in [7, 11) is 1.71. The summed E-state index contributed by atoms with van der Waals surface area (Å²) in [5, 5.41) is 22.5. The van der Waals surface area contributed by atoms with E-state index in [1.54, 1.807) is 55.8 Å². The summed E-state index contributed by atoms with van der Waals surface area (Å²) in [5.74, 6) is 0.265. The Hall–Kier alpha value is -4.62. The van der Waals surface area contributed by atoms with Crippen LogP contribution in [0.1, 0.15) is 61.8 Å². The van der Waals surface area contributed by atoms with E-state index in [4.69, 9.17) is 14.0 Å². The number of ether oxygens (including phenoxy) is 2. The van der Waals surface area contributed by atoms with Gasteiger partial charge in [-0.05, 0) is 77.3 Å². The molecule has 2 heterocycles. The van der Waals surface area contributed by atoms with Crippen LogP contribution in [-0.2, 0) is 4.74 Å². The standard InChI is InChI=1S/C35H48N6O7/c1-22-19-41(23(2)21-42)33(43)29-18-28(36-34(44)38-32-25(4)39-48-26(32)5)15-16-30(29)47-24(3)12-10-11-17-46-31(22)20-40(6)35(45)37-27-13-8-7-9-14-27/h7-9,13-16,18,22-24,31,42H,10-12,17,19-21H2,1-6H3,(H,37,45)(H2,36,38,44)/t22-,23+,24+,31-/m0/s1. The molecule has 3 aromatic rings. The number of nitrogens with zero attached hydrogens (tertiary/aromatic N) is 3. The molecule has 0 saturated heterocycles. The van der Waals surface area contributed by atoms with Gasteiger partial charge in [-0.2, -0.15) is 0 Å². The van der Waals surface area contributed by atoms with Gasteiger partial charge in [0.05, 0.1) is 30.4 Å². The van der Waals surface area contributed by atoms with E-state index in [1.807, 2.05) is 44.2 Å². The van der Waals surface area contributed by atoms with E-state index in [0.29, 0.717) is 47.4 Å². The van der Waals surface area contributed by atoms with Gasteiger partial charge < -0.3 is 44.9 Å². The van der Waals surface area contributed by atoms with Crippen molar-refractivity contribution < 1.29 is 33.5 Å². The van der Waals surface area contributed by atoms with E-state index in [2.05, 4.69) is 21.1 Å². The van der Waals surface area contributed by atoms with Gasteiger partial charge in [0.25, 0.3) is 5.91 Å². The summed E-state index contributed by atoms with van der Waals surface area (Å²) in [5.41, 5.74) is 2.32. The Morgan fingerprint density at radius 1 is 1.06 bits per heavy atom. The van der Waals surface area contributed by atoms with E-state index in [1.165, 1.54) is 0 Å². The van der Waals surface area contributed by atoms with Gasteiger partial charge in [-0.25, -0.2) is 9.59 Å². The number of fused-ring (bicyclic) bond motifs is 1. The van der Waals surface area contributed by atoms with Crippen LogP contribution in [0.5, 0.6) is 5.75 Å². The fourth-order valence-electron chi connectivity index (χ4n) is 5.49. The first-order chi connectivity index (χ1) is 23.0. The lowest BCUT2D eigenvalue weighted by atomic mass is 10.0. The number of carbonyl (C=O) groups excluding carboxylic acids is 3. The summed E-state index contributed by atoms with van der Waals surface area (Å²) >= 11 is 0. The Kier molecular flexibility index (Phi) is 12.8. The third-order valence-corrected chi connectivity index (χ3v) is 8.41. The van der Waals surface area contributed by atoms with Crippen molar-refractivity contribution in [3.8, 4) is 5.75 Å². The number of likely N-dealkylation sites (N-methyl/N-ethyl adjacent to an activating group) is 1. The van der Waals surface area contributed by atoms with Crippen LogP contribution in [-0.4, -0.2) is 89.6 Å². The summed E-state index contributed by atoms with van der Waals surface area (Å²) in [4.78, 5) is 43.5. The molecular formula is C35H48N6O7. The van der Waals surface area contributed by atoms with Crippen molar-refractivity contribution in [2.24, 2.45) is 5.92 Å². The summed E-state index contributed by atoms with van der Waals surface area (Å²) in [6, 6.07) is 12.8. The Morgan fingerprint density at radius 2 is 1.81 bits per heavy atom. The van der Waals surface area contributed by atoms with Crippen LogP contribution in [0.15, 0.2) is 53.1 Å². The van der Waals surface area contributed by atoms with Crippen molar-refractivity contribution in [1.29, 1.82) is 0 Å². The number of aryl methyl sites for hydroxylation is 2. The van der Waals surface area contributed by atoms with E-state index < -0.39 is 18.2 Å². The van der Waals surface area contributed by atoms with Crippen molar-refractivity contribution in [3.63, 3.8) is 0 Å². The van der Waals surface area contributed by atoms with Crippen molar-refractivity contribution in [1.82, 2.24) is 15.0 Å². The van der Waals surface area contributed by atoms with Crippen LogP contribution in [0, 0.1) is 19.8 Å². The lowest BCUT2D eigenvalue weighted by molar-refractivity contribution is -0.0115. The van der Waals surface area contributed by atoms with Crippen molar-refractivity contribution in [3.05, 3.63) is 65.5 Å². The second kappa shape index (κ2) is 17.0. The molecule has 0 fully saturated rings. The molecular weight excluding hydrogens is 616 g/mol. The van der Waals surface area contributed by atoms with Gasteiger partial charge in [-0.15, -0.1) is 0 Å². The molecule has 0 unspecified atom stereocenters. The molecule has 0 saturated carbocycles. The molecule has 260 valence electrons. The van der Waals surface area contributed by atoms with Crippen molar-refractivity contribution >= 4 is 35.0 Å². The summed E-state index contributed by atoms with van der Waals surface area (Å²) in [6.07, 6.45) is 1.77. The maximum absolute atomic E-state index is 14.4. The number of rotatable bonds is 7. The zero-order chi connectivity index (χ0) is 34.8. The number of aliphatic hydroxyl groups excluding tert-OH is 1. The highest BCUT2D eigenvalue weighted by molar-refractivity contribution is 6.03. The van der Waals surface area contributed by atoms with E-state index in [9.17, 15) is 19.5 Å². The number of carbonyl (C=O) groups is 3. The molecule has 13 nitrogen and oxygen atoms in total. The predicted molar refractivity (Wildman–Crippen MR) is 184 cm³/mol. The highest BCUT2D eigenvalue weighted by Crippen LogP contribution is 2.29. The number of para-hydroxylation sites is 1. The number of hydrogen-bond acceptors (Lipinski definition) is 8. The number of aromatic nitrogens is 1. The van der Waals surface area contributed by atoms with Gasteiger partial charge in [-0.1, -0.05) is 30.3 Å². The third kappa shape index (κ3) is 9.71. The Balaban J connectivity index is 1.59. The van der Waals surface area contributed by atoms with Gasteiger partial charge in [0.1, 0.15) is 17.1 Å². The lowest BCUT2D eigenvalue weighted by Crippen LogP contribution is -2.48. The number of urea groups is 2. The number of hydrogen-bond donors (Lipinski definition) is 4. The lowest BCUT2D eigenvalue weighted by Gasteiger charge is -2.35. The first-order valence-electron chi connectivity index (χ1n) is 16.4. The molecule has 13 heteroatoms.